The Hall–Kier alpha value is -1.02. The molecule has 1 atom stereocenters. The van der Waals surface area contributed by atoms with Crippen molar-refractivity contribution >= 4 is 17.5 Å². The van der Waals surface area contributed by atoms with Crippen LogP contribution in [0.25, 0.3) is 0 Å². The second-order valence-corrected chi connectivity index (χ2v) is 8.58. The molecule has 0 saturated heterocycles. The fourth-order valence-corrected chi connectivity index (χ4v) is 6.00. The summed E-state index contributed by atoms with van der Waals surface area (Å²) < 4.78 is 0. The monoisotopic (exact) mass is 331 g/mol. The van der Waals surface area contributed by atoms with Gasteiger partial charge in [-0.25, -0.2) is 0 Å². The summed E-state index contributed by atoms with van der Waals surface area (Å²) in [4.78, 5) is 15.1. The van der Waals surface area contributed by atoms with Crippen molar-refractivity contribution in [2.45, 2.75) is 51.0 Å². The van der Waals surface area contributed by atoms with E-state index in [1.807, 2.05) is 38.2 Å². The number of carbonyl (C=O) groups excluding carboxylic acids is 1. The number of halogens is 1. The van der Waals surface area contributed by atoms with E-state index in [0.717, 1.165) is 34.3 Å². The molecule has 0 N–H and O–H groups in total. The lowest BCUT2D eigenvalue weighted by Gasteiger charge is -2.56. The van der Waals surface area contributed by atoms with Gasteiger partial charge in [0.25, 0.3) is 0 Å². The van der Waals surface area contributed by atoms with Gasteiger partial charge in [0.05, 0.1) is 5.92 Å². The molecule has 3 heteroatoms. The molecule has 0 aliphatic heterocycles. The van der Waals surface area contributed by atoms with Crippen LogP contribution >= 0.6 is 11.6 Å². The Morgan fingerprint density at radius 2 is 1.57 bits per heavy atom. The van der Waals surface area contributed by atoms with Crippen LogP contribution in [0.4, 0.5) is 0 Å². The van der Waals surface area contributed by atoms with Crippen molar-refractivity contribution in [3.05, 3.63) is 34.9 Å². The zero-order valence-corrected chi connectivity index (χ0v) is 14.8. The predicted octanol–water partition coefficient (Wildman–Crippen LogP) is 4.73. The van der Waals surface area contributed by atoms with Crippen LogP contribution < -0.4 is 0 Å². The Labute approximate surface area is 144 Å². The van der Waals surface area contributed by atoms with Gasteiger partial charge >= 0.3 is 0 Å². The fourth-order valence-electron chi connectivity index (χ4n) is 5.88. The third kappa shape index (κ3) is 2.69. The van der Waals surface area contributed by atoms with E-state index < -0.39 is 0 Å². The van der Waals surface area contributed by atoms with Crippen LogP contribution in [0.1, 0.15) is 50.5 Å². The third-order valence-corrected chi connectivity index (χ3v) is 6.96. The second kappa shape index (κ2) is 5.81. The number of amides is 1. The Balaban J connectivity index is 1.51. The standard InChI is InChI=1S/C20H26ClNO/c1-12(15-3-5-18(21)6-4-15)20(23)22(2)19-16-8-13-7-14(10-16)11-17(19)9-13/h3-6,12-14,16-17,19H,7-11H2,1-2H3. The van der Waals surface area contributed by atoms with E-state index in [-0.39, 0.29) is 11.8 Å². The third-order valence-electron chi connectivity index (χ3n) is 6.71. The van der Waals surface area contributed by atoms with E-state index in [1.165, 1.54) is 32.1 Å². The van der Waals surface area contributed by atoms with E-state index in [9.17, 15) is 4.79 Å². The number of nitrogens with zero attached hydrogens (tertiary/aromatic N) is 1. The van der Waals surface area contributed by atoms with Gasteiger partial charge in [-0.05, 0) is 80.4 Å². The maximum Gasteiger partial charge on any atom is 0.229 e. The molecule has 4 aliphatic rings. The Morgan fingerprint density at radius 1 is 1.04 bits per heavy atom. The van der Waals surface area contributed by atoms with Gasteiger partial charge in [-0.3, -0.25) is 4.79 Å². The molecule has 5 rings (SSSR count). The van der Waals surface area contributed by atoms with Gasteiger partial charge in [-0.1, -0.05) is 23.7 Å². The van der Waals surface area contributed by atoms with Gasteiger partial charge in [0.1, 0.15) is 0 Å². The summed E-state index contributed by atoms with van der Waals surface area (Å²) in [5.74, 6) is 3.58. The summed E-state index contributed by atoms with van der Waals surface area (Å²) in [6.45, 7) is 2.03. The molecule has 0 radical (unpaired) electrons. The van der Waals surface area contributed by atoms with E-state index in [0.29, 0.717) is 6.04 Å². The first-order valence-electron chi connectivity index (χ1n) is 9.05. The number of benzene rings is 1. The lowest BCUT2D eigenvalue weighted by molar-refractivity contribution is -0.142. The molecular formula is C20H26ClNO. The van der Waals surface area contributed by atoms with Crippen LogP contribution in [0.3, 0.4) is 0 Å². The first-order valence-corrected chi connectivity index (χ1v) is 9.43. The molecule has 1 aromatic rings. The van der Waals surface area contributed by atoms with Gasteiger partial charge in [0.15, 0.2) is 0 Å². The van der Waals surface area contributed by atoms with Crippen molar-refractivity contribution in [3.63, 3.8) is 0 Å². The summed E-state index contributed by atoms with van der Waals surface area (Å²) >= 11 is 5.97. The smallest absolute Gasteiger partial charge is 0.229 e. The number of rotatable bonds is 3. The van der Waals surface area contributed by atoms with E-state index in [2.05, 4.69) is 4.90 Å². The molecule has 2 nitrogen and oxygen atoms in total. The summed E-state index contributed by atoms with van der Waals surface area (Å²) in [6, 6.07) is 8.20. The molecule has 0 spiro atoms. The van der Waals surface area contributed by atoms with E-state index >= 15 is 0 Å². The van der Waals surface area contributed by atoms with Gasteiger partial charge in [0, 0.05) is 18.1 Å². The normalized spacial score (nSPS) is 36.0. The molecule has 4 aliphatic carbocycles. The van der Waals surface area contributed by atoms with Crippen LogP contribution in [-0.2, 0) is 4.79 Å². The maximum atomic E-state index is 13.0. The zero-order valence-electron chi connectivity index (χ0n) is 14.0. The molecule has 4 saturated carbocycles. The van der Waals surface area contributed by atoms with Crippen molar-refractivity contribution in [2.24, 2.45) is 23.7 Å². The highest BCUT2D eigenvalue weighted by atomic mass is 35.5. The van der Waals surface area contributed by atoms with Crippen molar-refractivity contribution < 1.29 is 4.79 Å². The Morgan fingerprint density at radius 3 is 2.09 bits per heavy atom. The van der Waals surface area contributed by atoms with Crippen LogP contribution in [0.5, 0.6) is 0 Å². The number of hydrogen-bond acceptors (Lipinski definition) is 1. The molecule has 1 aromatic carbocycles. The first-order chi connectivity index (χ1) is 11.0. The molecule has 1 unspecified atom stereocenters. The largest absolute Gasteiger partial charge is 0.342 e. The highest BCUT2D eigenvalue weighted by Crippen LogP contribution is 2.55. The second-order valence-electron chi connectivity index (χ2n) is 8.14. The van der Waals surface area contributed by atoms with Crippen LogP contribution in [0.15, 0.2) is 24.3 Å². The maximum absolute atomic E-state index is 13.0. The lowest BCUT2D eigenvalue weighted by atomic mass is 9.54. The average Bonchev–Trinajstić information content (AvgIpc) is 2.53. The summed E-state index contributed by atoms with van der Waals surface area (Å²) in [5, 5.41) is 0.725. The summed E-state index contributed by atoms with van der Waals surface area (Å²) in [5.41, 5.74) is 1.06. The zero-order chi connectivity index (χ0) is 16.1. The highest BCUT2D eigenvalue weighted by Gasteiger charge is 2.50. The first kappa shape index (κ1) is 15.5. The van der Waals surface area contributed by atoms with Crippen molar-refractivity contribution in [2.75, 3.05) is 7.05 Å². The number of likely N-dealkylation sites (N-methyl/N-ethyl adjacent to an activating group) is 1. The summed E-state index contributed by atoms with van der Waals surface area (Å²) in [6.07, 6.45) is 6.86. The van der Waals surface area contributed by atoms with Crippen LogP contribution in [0.2, 0.25) is 5.02 Å². The molecule has 23 heavy (non-hydrogen) atoms. The molecule has 4 fully saturated rings. The SMILES string of the molecule is CC(C(=O)N(C)C1C2CC3CC(C2)CC1C3)c1ccc(Cl)cc1. The molecule has 0 heterocycles. The minimum Gasteiger partial charge on any atom is -0.342 e. The van der Waals surface area contributed by atoms with Gasteiger partial charge in [-0.2, -0.15) is 0 Å². The van der Waals surface area contributed by atoms with Crippen LogP contribution in [0, 0.1) is 23.7 Å². The Bertz CT molecular complexity index is 568. The fraction of sp³-hybridized carbons (Fsp3) is 0.650. The van der Waals surface area contributed by atoms with E-state index in [1.54, 1.807) is 0 Å². The van der Waals surface area contributed by atoms with Crippen molar-refractivity contribution in [3.8, 4) is 0 Å². The molecular weight excluding hydrogens is 306 g/mol. The van der Waals surface area contributed by atoms with E-state index in [4.69, 9.17) is 11.6 Å². The molecule has 0 aromatic heterocycles. The average molecular weight is 332 g/mol. The quantitative estimate of drug-likeness (QED) is 0.784. The highest BCUT2D eigenvalue weighted by molar-refractivity contribution is 6.30. The molecule has 4 bridgehead atoms. The van der Waals surface area contributed by atoms with Gasteiger partial charge < -0.3 is 4.90 Å². The summed E-state index contributed by atoms with van der Waals surface area (Å²) in [7, 11) is 2.04. The molecule has 1 amide bonds. The van der Waals surface area contributed by atoms with Gasteiger partial charge in [0.2, 0.25) is 5.91 Å². The van der Waals surface area contributed by atoms with Crippen molar-refractivity contribution in [1.82, 2.24) is 4.90 Å². The minimum atomic E-state index is -0.0885. The topological polar surface area (TPSA) is 20.3 Å². The lowest BCUT2D eigenvalue weighted by Crippen LogP contribution is -2.56. The minimum absolute atomic E-state index is 0.0885. The molecule has 124 valence electrons. The van der Waals surface area contributed by atoms with Crippen molar-refractivity contribution in [1.29, 1.82) is 0 Å². The Kier molecular flexibility index (Phi) is 3.91. The number of hydrogen-bond donors (Lipinski definition) is 0. The van der Waals surface area contributed by atoms with Gasteiger partial charge in [-0.15, -0.1) is 0 Å². The number of carbonyl (C=O) groups is 1. The van der Waals surface area contributed by atoms with Crippen LogP contribution in [-0.4, -0.2) is 23.9 Å². The predicted molar refractivity (Wildman–Crippen MR) is 93.5 cm³/mol.